The van der Waals surface area contributed by atoms with Crippen LogP contribution in [0.1, 0.15) is 6.42 Å². The number of ether oxygens (including phenoxy) is 3. The Labute approximate surface area is 105 Å². The highest BCUT2D eigenvalue weighted by Crippen LogP contribution is 2.34. The van der Waals surface area contributed by atoms with Crippen LogP contribution in [0.5, 0.6) is 17.2 Å². The van der Waals surface area contributed by atoms with Gasteiger partial charge in [0.15, 0.2) is 11.5 Å². The Morgan fingerprint density at radius 1 is 1.39 bits per heavy atom. The predicted molar refractivity (Wildman–Crippen MR) is 64.7 cm³/mol. The lowest BCUT2D eigenvalue weighted by atomic mass is 10.3. The summed E-state index contributed by atoms with van der Waals surface area (Å²) < 4.78 is 15.9. The zero-order valence-corrected chi connectivity index (χ0v) is 9.98. The van der Waals surface area contributed by atoms with Gasteiger partial charge >= 0.3 is 0 Å². The van der Waals surface area contributed by atoms with Crippen molar-refractivity contribution in [1.82, 2.24) is 5.32 Å². The number of nitrogens with one attached hydrogen (secondary N) is 1. The zero-order chi connectivity index (χ0) is 12.8. The van der Waals surface area contributed by atoms with Crippen LogP contribution >= 0.6 is 0 Å². The van der Waals surface area contributed by atoms with Gasteiger partial charge in [-0.3, -0.25) is 4.79 Å². The average Bonchev–Trinajstić information content (AvgIpc) is 2.82. The highest BCUT2D eigenvalue weighted by Gasteiger charge is 2.13. The highest BCUT2D eigenvalue weighted by atomic mass is 16.7. The maximum atomic E-state index is 11.1. The van der Waals surface area contributed by atoms with Crippen LogP contribution in [0.25, 0.3) is 0 Å². The minimum atomic E-state index is -0.0632. The van der Waals surface area contributed by atoms with Crippen LogP contribution in [-0.2, 0) is 4.79 Å². The molecule has 0 spiro atoms. The second-order valence-corrected chi connectivity index (χ2v) is 3.75. The van der Waals surface area contributed by atoms with E-state index in [4.69, 9.17) is 19.9 Å². The molecule has 0 aromatic heterocycles. The normalized spacial score (nSPS) is 12.3. The maximum absolute atomic E-state index is 11.1. The van der Waals surface area contributed by atoms with Crippen molar-refractivity contribution in [3.05, 3.63) is 18.2 Å². The van der Waals surface area contributed by atoms with E-state index in [9.17, 15) is 4.79 Å². The molecule has 0 fully saturated rings. The van der Waals surface area contributed by atoms with E-state index in [2.05, 4.69) is 5.32 Å². The molecule has 1 amide bonds. The van der Waals surface area contributed by atoms with Crippen LogP contribution in [0.3, 0.4) is 0 Å². The van der Waals surface area contributed by atoms with Crippen LogP contribution in [0, 0.1) is 0 Å². The van der Waals surface area contributed by atoms with E-state index in [1.165, 1.54) is 0 Å². The molecule has 1 aromatic rings. The minimum absolute atomic E-state index is 0.0632. The first kappa shape index (κ1) is 12.5. The Kier molecular flexibility index (Phi) is 4.25. The fraction of sp³-hybridized carbons (Fsp3) is 0.417. The van der Waals surface area contributed by atoms with E-state index in [0.717, 1.165) is 5.75 Å². The van der Waals surface area contributed by atoms with E-state index in [0.29, 0.717) is 37.6 Å². The number of amides is 1. The molecule has 0 bridgehead atoms. The molecule has 0 saturated heterocycles. The molecule has 1 heterocycles. The number of hydrogen-bond acceptors (Lipinski definition) is 5. The summed E-state index contributed by atoms with van der Waals surface area (Å²) in [6.45, 7) is 1.45. The lowest BCUT2D eigenvalue weighted by molar-refractivity contribution is -0.120. The molecular weight excluding hydrogens is 236 g/mol. The monoisotopic (exact) mass is 252 g/mol. The summed E-state index contributed by atoms with van der Waals surface area (Å²) in [5.74, 6) is 2.03. The highest BCUT2D eigenvalue weighted by molar-refractivity contribution is 5.75. The second kappa shape index (κ2) is 6.11. The van der Waals surface area contributed by atoms with E-state index in [1.54, 1.807) is 18.2 Å². The van der Waals surface area contributed by atoms with Crippen molar-refractivity contribution in [3.8, 4) is 17.2 Å². The van der Waals surface area contributed by atoms with Crippen molar-refractivity contribution in [2.45, 2.75) is 6.42 Å². The number of nitrogens with two attached hydrogens (primary N) is 1. The van der Waals surface area contributed by atoms with Crippen molar-refractivity contribution in [2.75, 3.05) is 26.5 Å². The molecule has 18 heavy (non-hydrogen) atoms. The fourth-order valence-corrected chi connectivity index (χ4v) is 1.55. The van der Waals surface area contributed by atoms with Crippen molar-refractivity contribution < 1.29 is 19.0 Å². The summed E-state index contributed by atoms with van der Waals surface area (Å²) >= 11 is 0. The molecule has 0 radical (unpaired) electrons. The topological polar surface area (TPSA) is 82.8 Å². The molecule has 0 atom stereocenters. The molecule has 98 valence electrons. The molecule has 1 aliphatic heterocycles. The van der Waals surface area contributed by atoms with Gasteiger partial charge in [-0.1, -0.05) is 0 Å². The number of carbonyl (C=O) groups excluding carboxylic acids is 1. The lowest BCUT2D eigenvalue weighted by Gasteiger charge is -2.08. The summed E-state index contributed by atoms with van der Waals surface area (Å²) in [5, 5.41) is 2.71. The molecule has 6 heteroatoms. The number of rotatable bonds is 6. The SMILES string of the molecule is NCCC(=O)NCCOc1ccc2c(c1)OCO2. The Morgan fingerprint density at radius 2 is 2.22 bits per heavy atom. The van der Waals surface area contributed by atoms with Crippen LogP contribution in [0.15, 0.2) is 18.2 Å². The lowest BCUT2D eigenvalue weighted by Crippen LogP contribution is -2.29. The molecule has 2 rings (SSSR count). The van der Waals surface area contributed by atoms with Crippen LogP contribution in [0.4, 0.5) is 0 Å². The van der Waals surface area contributed by atoms with E-state index in [1.807, 2.05) is 0 Å². The number of fused-ring (bicyclic) bond motifs is 1. The average molecular weight is 252 g/mol. The molecule has 6 nitrogen and oxygen atoms in total. The second-order valence-electron chi connectivity index (χ2n) is 3.75. The molecule has 0 unspecified atom stereocenters. The first-order chi connectivity index (χ1) is 8.79. The van der Waals surface area contributed by atoms with Crippen molar-refractivity contribution in [1.29, 1.82) is 0 Å². The van der Waals surface area contributed by atoms with Gasteiger partial charge in [-0.2, -0.15) is 0 Å². The van der Waals surface area contributed by atoms with Crippen LogP contribution < -0.4 is 25.3 Å². The maximum Gasteiger partial charge on any atom is 0.231 e. The fourth-order valence-electron chi connectivity index (χ4n) is 1.55. The Morgan fingerprint density at radius 3 is 3.06 bits per heavy atom. The molecular formula is C12H16N2O4. The predicted octanol–water partition coefficient (Wildman–Crippen LogP) is 0.259. The van der Waals surface area contributed by atoms with Gasteiger partial charge in [0.05, 0.1) is 6.54 Å². The largest absolute Gasteiger partial charge is 0.492 e. The number of carbonyl (C=O) groups is 1. The summed E-state index contributed by atoms with van der Waals surface area (Å²) in [7, 11) is 0. The molecule has 1 aliphatic rings. The molecule has 0 saturated carbocycles. The Balaban J connectivity index is 1.72. The van der Waals surface area contributed by atoms with E-state index < -0.39 is 0 Å². The van der Waals surface area contributed by atoms with Gasteiger partial charge < -0.3 is 25.3 Å². The van der Waals surface area contributed by atoms with Gasteiger partial charge in [0.2, 0.25) is 12.7 Å². The summed E-state index contributed by atoms with van der Waals surface area (Å²) in [6, 6.07) is 5.37. The van der Waals surface area contributed by atoms with Gasteiger partial charge in [0.1, 0.15) is 12.4 Å². The van der Waals surface area contributed by atoms with Gasteiger partial charge in [0, 0.05) is 19.0 Å². The molecule has 0 aliphatic carbocycles. The smallest absolute Gasteiger partial charge is 0.231 e. The summed E-state index contributed by atoms with van der Waals surface area (Å²) in [5.41, 5.74) is 5.26. The minimum Gasteiger partial charge on any atom is -0.492 e. The number of benzene rings is 1. The Hall–Kier alpha value is -1.95. The zero-order valence-electron chi connectivity index (χ0n) is 9.98. The van der Waals surface area contributed by atoms with Crippen LogP contribution in [0.2, 0.25) is 0 Å². The van der Waals surface area contributed by atoms with Gasteiger partial charge in [0.25, 0.3) is 0 Å². The summed E-state index contributed by atoms with van der Waals surface area (Å²) in [6.07, 6.45) is 0.337. The molecule has 1 aromatic carbocycles. The van der Waals surface area contributed by atoms with Crippen molar-refractivity contribution >= 4 is 5.91 Å². The van der Waals surface area contributed by atoms with E-state index in [-0.39, 0.29) is 12.7 Å². The van der Waals surface area contributed by atoms with Crippen molar-refractivity contribution in [3.63, 3.8) is 0 Å². The Bertz CT molecular complexity index is 423. The summed E-state index contributed by atoms with van der Waals surface area (Å²) in [4.78, 5) is 11.1. The first-order valence-corrected chi connectivity index (χ1v) is 5.79. The third kappa shape index (κ3) is 3.27. The van der Waals surface area contributed by atoms with Crippen LogP contribution in [-0.4, -0.2) is 32.4 Å². The van der Waals surface area contributed by atoms with Gasteiger partial charge in [-0.15, -0.1) is 0 Å². The van der Waals surface area contributed by atoms with E-state index >= 15 is 0 Å². The van der Waals surface area contributed by atoms with Crippen molar-refractivity contribution in [2.24, 2.45) is 5.73 Å². The third-order valence-corrected chi connectivity index (χ3v) is 2.41. The quantitative estimate of drug-likeness (QED) is 0.710. The first-order valence-electron chi connectivity index (χ1n) is 5.79. The molecule has 3 N–H and O–H groups in total. The van der Waals surface area contributed by atoms with Gasteiger partial charge in [-0.05, 0) is 12.1 Å². The standard InChI is InChI=1S/C12H16N2O4/c13-4-3-12(15)14-5-6-16-9-1-2-10-11(7-9)18-8-17-10/h1-2,7H,3-6,8,13H2,(H,14,15). The number of hydrogen-bond donors (Lipinski definition) is 2. The van der Waals surface area contributed by atoms with Gasteiger partial charge in [-0.25, -0.2) is 0 Å². The third-order valence-electron chi connectivity index (χ3n) is 2.41.